The number of carboxylic acids is 1. The van der Waals surface area contributed by atoms with E-state index in [4.69, 9.17) is 14.2 Å². The van der Waals surface area contributed by atoms with Crippen molar-refractivity contribution < 1.29 is 54.1 Å². The number of ether oxygens (including phenoxy) is 3. The summed E-state index contributed by atoms with van der Waals surface area (Å²) in [5.74, 6) is -1.93. The Bertz CT molecular complexity index is 1060. The number of Topliss-reactive ketones (excluding diaryl/α,β-unsaturated/α-hetero) is 1. The molecule has 6 rings (SSSR count). The summed E-state index contributed by atoms with van der Waals surface area (Å²) in [4.78, 5) is 36.7. The summed E-state index contributed by atoms with van der Waals surface area (Å²) in [7, 11) is 0. The highest BCUT2D eigenvalue weighted by atomic mass is 16.7. The minimum atomic E-state index is -1.85. The highest BCUT2D eigenvalue weighted by molar-refractivity contribution is 5.91. The normalized spacial score (nSPS) is 51.6. The van der Waals surface area contributed by atoms with Crippen molar-refractivity contribution in [2.45, 2.75) is 95.0 Å². The standard InChI is InChI=1S/C27H36O11/c1-26-7-6-12(29)8-11(26)2-3-13-14-4-5-15(16(30)10-28)27(14)9-17(18(13)26)36-25(27)38-22-20(32)19(31)21(23(33)34)37-24(22)35/h8,13-15,17-22,24-25,28,31-32,35H,2-7,9-10H2,1H3,(H,33,34)/t13-,14-,15+,17-,18+,19-,20-,21-,22+,24+,25?,26-,27+/m0/s1. The van der Waals surface area contributed by atoms with E-state index in [0.29, 0.717) is 19.3 Å². The Balaban J connectivity index is 1.37. The van der Waals surface area contributed by atoms with Crippen LogP contribution in [0.2, 0.25) is 0 Å². The van der Waals surface area contributed by atoms with Crippen LogP contribution < -0.4 is 0 Å². The zero-order chi connectivity index (χ0) is 27.1. The molecule has 1 unspecified atom stereocenters. The highest BCUT2D eigenvalue weighted by Gasteiger charge is 2.72. The van der Waals surface area contributed by atoms with E-state index in [9.17, 15) is 39.9 Å². The van der Waals surface area contributed by atoms with Crippen LogP contribution in [0.15, 0.2) is 11.6 Å². The Hall–Kier alpha value is -1.73. The molecule has 13 atom stereocenters. The number of ketones is 2. The van der Waals surface area contributed by atoms with Gasteiger partial charge in [-0.15, -0.1) is 0 Å². The predicted molar refractivity (Wildman–Crippen MR) is 126 cm³/mol. The maximum absolute atomic E-state index is 13.0. The number of carbonyl (C=O) groups is 3. The van der Waals surface area contributed by atoms with Crippen molar-refractivity contribution in [2.24, 2.45) is 34.5 Å². The van der Waals surface area contributed by atoms with Gasteiger partial charge >= 0.3 is 5.97 Å². The lowest BCUT2D eigenvalue weighted by molar-refractivity contribution is -0.327. The van der Waals surface area contributed by atoms with Crippen LogP contribution >= 0.6 is 0 Å². The van der Waals surface area contributed by atoms with E-state index in [1.54, 1.807) is 6.08 Å². The van der Waals surface area contributed by atoms with Crippen molar-refractivity contribution in [1.82, 2.24) is 0 Å². The molecule has 3 saturated carbocycles. The van der Waals surface area contributed by atoms with Crippen LogP contribution in [0, 0.1) is 34.5 Å². The number of carboxylic acid groups (broad SMARTS) is 1. The van der Waals surface area contributed by atoms with Crippen LogP contribution in [0.1, 0.15) is 51.9 Å². The van der Waals surface area contributed by atoms with Crippen molar-refractivity contribution in [3.63, 3.8) is 0 Å². The molecule has 1 spiro atoms. The van der Waals surface area contributed by atoms with Crippen LogP contribution in [0.25, 0.3) is 0 Å². The van der Waals surface area contributed by atoms with Crippen molar-refractivity contribution in [2.75, 3.05) is 6.61 Å². The molecule has 210 valence electrons. The van der Waals surface area contributed by atoms with Crippen molar-refractivity contribution in [3.8, 4) is 0 Å². The van der Waals surface area contributed by atoms with Gasteiger partial charge in [0.15, 0.2) is 30.3 Å². The monoisotopic (exact) mass is 536 g/mol. The third-order valence-corrected chi connectivity index (χ3v) is 10.9. The van der Waals surface area contributed by atoms with Gasteiger partial charge in [0.25, 0.3) is 0 Å². The fraction of sp³-hybridized carbons (Fsp3) is 0.815. The van der Waals surface area contributed by atoms with Gasteiger partial charge in [0.05, 0.1) is 6.10 Å². The summed E-state index contributed by atoms with van der Waals surface area (Å²) in [5.41, 5.74) is 0.104. The van der Waals surface area contributed by atoms with Crippen molar-refractivity contribution >= 4 is 17.5 Å². The van der Waals surface area contributed by atoms with E-state index in [0.717, 1.165) is 31.3 Å². The minimum Gasteiger partial charge on any atom is -0.479 e. The van der Waals surface area contributed by atoms with Crippen molar-refractivity contribution in [1.29, 1.82) is 0 Å². The number of hydrogen-bond acceptors (Lipinski definition) is 10. The smallest absolute Gasteiger partial charge is 0.335 e. The molecule has 6 aliphatic rings. The fourth-order valence-corrected chi connectivity index (χ4v) is 9.28. The first-order valence-corrected chi connectivity index (χ1v) is 13.6. The molecule has 2 heterocycles. The van der Waals surface area contributed by atoms with Gasteiger partial charge in [-0.2, -0.15) is 0 Å². The minimum absolute atomic E-state index is 0.0169. The first-order chi connectivity index (χ1) is 18.0. The van der Waals surface area contributed by atoms with E-state index in [1.165, 1.54) is 0 Å². The maximum Gasteiger partial charge on any atom is 0.335 e. The molecule has 11 nitrogen and oxygen atoms in total. The Kier molecular flexibility index (Phi) is 6.38. The summed E-state index contributed by atoms with van der Waals surface area (Å²) in [6.45, 7) is 1.58. The van der Waals surface area contributed by atoms with Crippen LogP contribution in [0.5, 0.6) is 0 Å². The molecular weight excluding hydrogens is 500 g/mol. The van der Waals surface area contributed by atoms with Gasteiger partial charge in [0.1, 0.15) is 24.9 Å². The van der Waals surface area contributed by atoms with Gasteiger partial charge in [-0.25, -0.2) is 4.79 Å². The molecule has 5 fully saturated rings. The van der Waals surface area contributed by atoms with Crippen LogP contribution in [0.4, 0.5) is 0 Å². The number of rotatable bonds is 5. The summed E-state index contributed by atoms with van der Waals surface area (Å²) in [6, 6.07) is 0. The first kappa shape index (κ1) is 26.5. The van der Waals surface area contributed by atoms with Crippen LogP contribution in [-0.2, 0) is 28.6 Å². The molecule has 5 N–H and O–H groups in total. The second-order valence-electron chi connectivity index (χ2n) is 12.3. The maximum atomic E-state index is 13.0. The van der Waals surface area contributed by atoms with Gasteiger partial charge in [0.2, 0.25) is 0 Å². The number of aliphatic hydroxyl groups excluding tert-OH is 4. The number of carbonyl (C=O) groups excluding carboxylic acids is 2. The second-order valence-corrected chi connectivity index (χ2v) is 12.3. The molecule has 38 heavy (non-hydrogen) atoms. The fourth-order valence-electron chi connectivity index (χ4n) is 9.28. The largest absolute Gasteiger partial charge is 0.479 e. The summed E-state index contributed by atoms with van der Waals surface area (Å²) in [5, 5.41) is 50.8. The molecule has 2 aliphatic heterocycles. The SMILES string of the molecule is C[C@]12CCC(=O)C=C1CC[C@@H]1[C@@H]2[C@@H]2C[C@]3(C(O[C@@H]4[C@@H](O)[C@H](O)[C@@H](C(=O)O)O[C@H]4O)O2)[C@@H](C(=O)CO)CC[C@@H]13. The van der Waals surface area contributed by atoms with Gasteiger partial charge in [-0.3, -0.25) is 9.59 Å². The molecule has 2 saturated heterocycles. The predicted octanol–water partition coefficient (Wildman–Crippen LogP) is -0.0804. The lowest BCUT2D eigenvalue weighted by atomic mass is 9.46. The Morgan fingerprint density at radius 2 is 1.87 bits per heavy atom. The van der Waals surface area contributed by atoms with Gasteiger partial charge in [-0.1, -0.05) is 12.5 Å². The topological polar surface area (TPSA) is 180 Å². The first-order valence-electron chi connectivity index (χ1n) is 13.6. The number of aliphatic hydroxyl groups is 4. The molecule has 11 heteroatoms. The lowest BCUT2D eigenvalue weighted by Crippen LogP contribution is -2.62. The molecular formula is C27H36O11. The summed E-state index contributed by atoms with van der Waals surface area (Å²) in [6.07, 6.45) is -3.75. The van der Waals surface area contributed by atoms with Crippen LogP contribution in [-0.4, -0.2) is 92.8 Å². The summed E-state index contributed by atoms with van der Waals surface area (Å²) < 4.78 is 17.9. The molecule has 0 aromatic carbocycles. The molecule has 0 amide bonds. The third kappa shape index (κ3) is 3.56. The molecule has 0 aromatic heterocycles. The Morgan fingerprint density at radius 3 is 2.58 bits per heavy atom. The van der Waals surface area contributed by atoms with E-state index >= 15 is 0 Å². The number of aliphatic carboxylic acids is 1. The number of fused-ring (bicyclic) bond motifs is 6. The number of hydrogen-bond donors (Lipinski definition) is 5. The average Bonchev–Trinajstić information content (AvgIpc) is 3.42. The van der Waals surface area contributed by atoms with E-state index in [1.807, 2.05) is 0 Å². The quantitative estimate of drug-likeness (QED) is 0.317. The van der Waals surface area contributed by atoms with Crippen molar-refractivity contribution in [3.05, 3.63) is 11.6 Å². The molecule has 0 radical (unpaired) electrons. The third-order valence-electron chi connectivity index (χ3n) is 10.9. The second kappa shape index (κ2) is 9.15. The van der Waals surface area contributed by atoms with E-state index in [2.05, 4.69) is 6.92 Å². The average molecular weight is 537 g/mol. The van der Waals surface area contributed by atoms with Gasteiger partial charge in [0, 0.05) is 17.8 Å². The Labute approximate surface area is 219 Å². The highest BCUT2D eigenvalue weighted by Crippen LogP contribution is 2.71. The van der Waals surface area contributed by atoms with Gasteiger partial charge in [-0.05, 0) is 67.8 Å². The number of allylic oxidation sites excluding steroid dienone is 1. The lowest BCUT2D eigenvalue weighted by Gasteiger charge is -2.57. The zero-order valence-electron chi connectivity index (χ0n) is 21.3. The molecule has 2 bridgehead atoms. The molecule has 4 aliphatic carbocycles. The van der Waals surface area contributed by atoms with Gasteiger partial charge < -0.3 is 39.7 Å². The molecule has 0 aromatic rings. The van der Waals surface area contributed by atoms with E-state index in [-0.39, 0.29) is 40.8 Å². The van der Waals surface area contributed by atoms with Crippen LogP contribution in [0.3, 0.4) is 0 Å². The zero-order valence-corrected chi connectivity index (χ0v) is 21.3. The van der Waals surface area contributed by atoms with E-state index < -0.39 is 60.9 Å². The summed E-state index contributed by atoms with van der Waals surface area (Å²) >= 11 is 0. The Morgan fingerprint density at radius 1 is 1.11 bits per heavy atom.